The fraction of sp³-hybridized carbons (Fsp3) is 0.357. The largest absolute Gasteiger partial charge is 0.490 e. The van der Waals surface area contributed by atoms with Crippen molar-refractivity contribution >= 4 is 11.8 Å². The van der Waals surface area contributed by atoms with E-state index in [2.05, 4.69) is 17.4 Å². The summed E-state index contributed by atoms with van der Waals surface area (Å²) in [6.45, 7) is 6.66. The number of rotatable bonds is 7. The van der Waals surface area contributed by atoms with Crippen LogP contribution in [0.25, 0.3) is 0 Å². The Labute approximate surface area is 200 Å². The molecule has 0 radical (unpaired) electrons. The summed E-state index contributed by atoms with van der Waals surface area (Å²) in [7, 11) is 1.36. The lowest BCUT2D eigenvalue weighted by molar-refractivity contribution is -0.136. The maximum Gasteiger partial charge on any atom is 0.336 e. The molecule has 0 bridgehead atoms. The van der Waals surface area contributed by atoms with Crippen molar-refractivity contribution in [3.8, 4) is 11.5 Å². The number of hydrogen-bond donors (Lipinski definition) is 1. The molecule has 6 nitrogen and oxygen atoms in total. The predicted molar refractivity (Wildman–Crippen MR) is 130 cm³/mol. The van der Waals surface area contributed by atoms with E-state index in [0.717, 1.165) is 16.8 Å². The monoisotopic (exact) mass is 461 g/mol. The van der Waals surface area contributed by atoms with E-state index in [0.29, 0.717) is 54.4 Å². The number of methoxy groups -OCH3 is 1. The molecule has 1 aliphatic carbocycles. The van der Waals surface area contributed by atoms with Crippen molar-refractivity contribution in [1.29, 1.82) is 0 Å². The maximum atomic E-state index is 13.6. The van der Waals surface area contributed by atoms with Crippen molar-refractivity contribution in [1.82, 2.24) is 5.32 Å². The number of dihydropyridines is 1. The molecule has 0 saturated heterocycles. The lowest BCUT2D eigenvalue weighted by atomic mass is 9.71. The van der Waals surface area contributed by atoms with E-state index < -0.39 is 11.9 Å². The Bertz CT molecular complexity index is 1150. The highest BCUT2D eigenvalue weighted by molar-refractivity contribution is 6.04. The molecule has 1 heterocycles. The van der Waals surface area contributed by atoms with E-state index in [1.54, 1.807) is 0 Å². The van der Waals surface area contributed by atoms with Crippen molar-refractivity contribution in [2.45, 2.75) is 45.4 Å². The van der Waals surface area contributed by atoms with E-state index in [4.69, 9.17) is 14.2 Å². The number of carbonyl (C=O) groups is 2. The topological polar surface area (TPSA) is 73.9 Å². The molecule has 4 rings (SSSR count). The predicted octanol–water partition coefficient (Wildman–Crippen LogP) is 5.02. The fourth-order valence-corrected chi connectivity index (χ4v) is 4.96. The second-order valence-corrected chi connectivity index (χ2v) is 8.49. The van der Waals surface area contributed by atoms with Gasteiger partial charge in [0.1, 0.15) is 0 Å². The number of nitrogens with one attached hydrogen (secondary N) is 1. The van der Waals surface area contributed by atoms with Crippen LogP contribution in [0.2, 0.25) is 0 Å². The second kappa shape index (κ2) is 10.2. The molecule has 2 atom stereocenters. The Hall–Kier alpha value is -3.54. The van der Waals surface area contributed by atoms with Gasteiger partial charge in [0.25, 0.3) is 0 Å². The molecule has 178 valence electrons. The standard InChI is InChI=1S/C28H31NO5/c1-5-33-23-13-12-19(16-24(23)34-6-2)26-25(28(31)32-4)17(3)29-21-14-20(15-22(30)27(21)26)18-10-8-7-9-11-18/h7-13,16,20,26,29H,5-6,14-15H2,1-4H3/t20-,26+/m1/s1. The molecule has 2 aromatic rings. The normalized spacial score (nSPS) is 19.9. The van der Waals surface area contributed by atoms with E-state index in [1.807, 2.05) is 57.2 Å². The maximum absolute atomic E-state index is 13.6. The summed E-state index contributed by atoms with van der Waals surface area (Å²) >= 11 is 0. The quantitative estimate of drug-likeness (QED) is 0.584. The molecular formula is C28H31NO5. The average molecular weight is 462 g/mol. The molecule has 2 aromatic carbocycles. The molecule has 0 unspecified atom stereocenters. The summed E-state index contributed by atoms with van der Waals surface area (Å²) in [5, 5.41) is 3.37. The van der Waals surface area contributed by atoms with E-state index in [-0.39, 0.29) is 11.7 Å². The number of benzene rings is 2. The van der Waals surface area contributed by atoms with Crippen molar-refractivity contribution in [2.24, 2.45) is 0 Å². The Morgan fingerprint density at radius 3 is 2.35 bits per heavy atom. The third kappa shape index (κ3) is 4.45. The highest BCUT2D eigenvalue weighted by Gasteiger charge is 2.41. The Morgan fingerprint density at radius 2 is 1.68 bits per heavy atom. The van der Waals surface area contributed by atoms with Crippen LogP contribution < -0.4 is 14.8 Å². The van der Waals surface area contributed by atoms with Crippen LogP contribution in [-0.2, 0) is 14.3 Å². The van der Waals surface area contributed by atoms with Gasteiger partial charge in [-0.2, -0.15) is 0 Å². The lowest BCUT2D eigenvalue weighted by Crippen LogP contribution is -2.36. The van der Waals surface area contributed by atoms with Crippen LogP contribution in [0.1, 0.15) is 56.6 Å². The number of Topliss-reactive ketones (excluding diaryl/α,β-unsaturated/α-hetero) is 1. The molecular weight excluding hydrogens is 430 g/mol. The van der Waals surface area contributed by atoms with Crippen LogP contribution in [-0.4, -0.2) is 32.1 Å². The molecule has 0 amide bonds. The second-order valence-electron chi connectivity index (χ2n) is 8.49. The number of hydrogen-bond acceptors (Lipinski definition) is 6. The Balaban J connectivity index is 1.82. The van der Waals surface area contributed by atoms with Crippen molar-refractivity contribution in [2.75, 3.05) is 20.3 Å². The van der Waals surface area contributed by atoms with Crippen LogP contribution in [0.5, 0.6) is 11.5 Å². The minimum Gasteiger partial charge on any atom is -0.490 e. The molecule has 0 spiro atoms. The highest BCUT2D eigenvalue weighted by Crippen LogP contribution is 2.47. The van der Waals surface area contributed by atoms with Crippen LogP contribution in [0.15, 0.2) is 71.1 Å². The van der Waals surface area contributed by atoms with Gasteiger partial charge in [-0.15, -0.1) is 0 Å². The van der Waals surface area contributed by atoms with Gasteiger partial charge in [0, 0.05) is 29.3 Å². The van der Waals surface area contributed by atoms with Crippen molar-refractivity contribution in [3.05, 3.63) is 82.2 Å². The molecule has 6 heteroatoms. The van der Waals surface area contributed by atoms with Gasteiger partial charge in [-0.25, -0.2) is 4.79 Å². The molecule has 0 aromatic heterocycles. The fourth-order valence-electron chi connectivity index (χ4n) is 4.96. The van der Waals surface area contributed by atoms with Gasteiger partial charge in [0.05, 0.1) is 25.9 Å². The van der Waals surface area contributed by atoms with Crippen LogP contribution >= 0.6 is 0 Å². The SMILES string of the molecule is CCOc1ccc([C@H]2C(C(=O)OC)=C(C)NC3=C2C(=O)C[C@H](c2ccccc2)C3)cc1OCC. The summed E-state index contributed by atoms with van der Waals surface area (Å²) in [6, 6.07) is 15.7. The van der Waals surface area contributed by atoms with Gasteiger partial charge in [0.15, 0.2) is 17.3 Å². The summed E-state index contributed by atoms with van der Waals surface area (Å²) in [5.41, 5.74) is 4.58. The van der Waals surface area contributed by atoms with Crippen molar-refractivity contribution < 1.29 is 23.8 Å². The summed E-state index contributed by atoms with van der Waals surface area (Å²) in [5.74, 6) is 0.361. The summed E-state index contributed by atoms with van der Waals surface area (Å²) < 4.78 is 16.7. The third-order valence-electron chi connectivity index (χ3n) is 6.40. The van der Waals surface area contributed by atoms with E-state index in [1.165, 1.54) is 7.11 Å². The van der Waals surface area contributed by atoms with Gasteiger partial charge < -0.3 is 19.5 Å². The molecule has 0 saturated carbocycles. The molecule has 0 fully saturated rings. The lowest BCUT2D eigenvalue weighted by Gasteiger charge is -2.36. The van der Waals surface area contributed by atoms with Crippen LogP contribution in [0.4, 0.5) is 0 Å². The first kappa shape index (κ1) is 23.6. The average Bonchev–Trinajstić information content (AvgIpc) is 2.84. The van der Waals surface area contributed by atoms with E-state index >= 15 is 0 Å². The summed E-state index contributed by atoms with van der Waals surface area (Å²) in [4.78, 5) is 26.5. The molecule has 1 aliphatic heterocycles. The zero-order valence-electron chi connectivity index (χ0n) is 20.1. The number of ether oxygens (including phenoxy) is 3. The number of esters is 1. The minimum atomic E-state index is -0.539. The third-order valence-corrected chi connectivity index (χ3v) is 6.40. The smallest absolute Gasteiger partial charge is 0.336 e. The first-order valence-corrected chi connectivity index (χ1v) is 11.7. The van der Waals surface area contributed by atoms with Gasteiger partial charge in [0.2, 0.25) is 0 Å². The zero-order chi connectivity index (χ0) is 24.2. The Kier molecular flexibility index (Phi) is 7.06. The number of ketones is 1. The number of allylic oxidation sites excluding steroid dienone is 3. The van der Waals surface area contributed by atoms with Gasteiger partial charge in [-0.3, -0.25) is 4.79 Å². The summed E-state index contributed by atoms with van der Waals surface area (Å²) in [6.07, 6.45) is 1.09. The van der Waals surface area contributed by atoms with Crippen LogP contribution in [0.3, 0.4) is 0 Å². The highest BCUT2D eigenvalue weighted by atomic mass is 16.5. The molecule has 2 aliphatic rings. The van der Waals surface area contributed by atoms with Gasteiger partial charge in [-0.1, -0.05) is 36.4 Å². The molecule has 1 N–H and O–H groups in total. The first-order valence-electron chi connectivity index (χ1n) is 11.7. The van der Waals surface area contributed by atoms with Crippen molar-refractivity contribution in [3.63, 3.8) is 0 Å². The zero-order valence-corrected chi connectivity index (χ0v) is 20.1. The molecule has 34 heavy (non-hydrogen) atoms. The van der Waals surface area contributed by atoms with Gasteiger partial charge in [-0.05, 0) is 56.4 Å². The van der Waals surface area contributed by atoms with Gasteiger partial charge >= 0.3 is 5.97 Å². The Morgan fingerprint density at radius 1 is 0.971 bits per heavy atom. The van der Waals surface area contributed by atoms with Crippen LogP contribution in [0, 0.1) is 0 Å². The first-order chi connectivity index (χ1) is 16.5. The van der Waals surface area contributed by atoms with E-state index in [9.17, 15) is 9.59 Å². The minimum absolute atomic E-state index is 0.0355. The number of carbonyl (C=O) groups excluding carboxylic acids is 2.